The molecule has 0 unspecified atom stereocenters. The lowest BCUT2D eigenvalue weighted by Crippen LogP contribution is -2.04. The van der Waals surface area contributed by atoms with Crippen LogP contribution in [0, 0.1) is 0 Å². The Bertz CT molecular complexity index is 437. The first-order valence-electron chi connectivity index (χ1n) is 5.34. The van der Waals surface area contributed by atoms with Crippen LogP contribution in [-0.2, 0) is 5.75 Å². The minimum Gasteiger partial charge on any atom is -0.236 e. The quantitative estimate of drug-likeness (QED) is 0.760. The Morgan fingerprint density at radius 3 is 2.69 bits per heavy atom. The van der Waals surface area contributed by atoms with Crippen molar-refractivity contribution < 1.29 is 0 Å². The summed E-state index contributed by atoms with van der Waals surface area (Å²) in [6.45, 7) is 4.22. The molecule has 0 aliphatic rings. The summed E-state index contributed by atoms with van der Waals surface area (Å²) in [7, 11) is 0. The molecule has 0 aliphatic heterocycles. The van der Waals surface area contributed by atoms with E-state index in [0.29, 0.717) is 6.04 Å². The van der Waals surface area contributed by atoms with Crippen LogP contribution in [0.15, 0.2) is 41.6 Å². The van der Waals surface area contributed by atoms with Crippen molar-refractivity contribution in [3.05, 3.63) is 42.1 Å². The van der Waals surface area contributed by atoms with E-state index in [2.05, 4.69) is 48.4 Å². The van der Waals surface area contributed by atoms with Crippen molar-refractivity contribution in [2.75, 3.05) is 0 Å². The van der Waals surface area contributed by atoms with E-state index in [1.54, 1.807) is 11.8 Å². The zero-order valence-corrected chi connectivity index (χ0v) is 10.3. The molecule has 1 aromatic carbocycles. The lowest BCUT2D eigenvalue weighted by Gasteiger charge is -2.08. The van der Waals surface area contributed by atoms with Crippen molar-refractivity contribution in [2.45, 2.75) is 30.7 Å². The molecule has 0 radical (unpaired) electrons. The van der Waals surface area contributed by atoms with E-state index < -0.39 is 0 Å². The summed E-state index contributed by atoms with van der Waals surface area (Å²) in [4.78, 5) is 0. The van der Waals surface area contributed by atoms with Crippen LogP contribution in [0.2, 0.25) is 0 Å². The third-order valence-corrected chi connectivity index (χ3v) is 3.33. The van der Waals surface area contributed by atoms with Gasteiger partial charge in [-0.2, -0.15) is 0 Å². The Morgan fingerprint density at radius 2 is 2.00 bits per heavy atom. The molecule has 1 heterocycles. The van der Waals surface area contributed by atoms with Gasteiger partial charge in [-0.05, 0) is 19.4 Å². The normalized spacial score (nSPS) is 10.9. The summed E-state index contributed by atoms with van der Waals surface area (Å²) in [5.74, 6) is 0.959. The fourth-order valence-corrected chi connectivity index (χ4v) is 2.44. The first-order chi connectivity index (χ1) is 7.77. The molecule has 2 rings (SSSR count). The van der Waals surface area contributed by atoms with Crippen LogP contribution < -0.4 is 0 Å². The van der Waals surface area contributed by atoms with E-state index in [4.69, 9.17) is 0 Å². The van der Waals surface area contributed by atoms with Crippen molar-refractivity contribution in [1.29, 1.82) is 0 Å². The minimum absolute atomic E-state index is 0.362. The van der Waals surface area contributed by atoms with Gasteiger partial charge in [0.25, 0.3) is 0 Å². The third-order valence-electron chi connectivity index (χ3n) is 2.26. The molecule has 0 atom stereocenters. The number of hydrogen-bond donors (Lipinski definition) is 0. The monoisotopic (exact) mass is 233 g/mol. The van der Waals surface area contributed by atoms with E-state index in [0.717, 1.165) is 10.8 Å². The zero-order valence-electron chi connectivity index (χ0n) is 9.50. The number of nitrogens with zero attached hydrogens (tertiary/aromatic N) is 3. The fourth-order valence-electron chi connectivity index (χ4n) is 1.43. The van der Waals surface area contributed by atoms with Gasteiger partial charge < -0.3 is 0 Å². The SMILES string of the molecule is CC(C)n1nncc1SCc1ccccc1. The third kappa shape index (κ3) is 2.64. The van der Waals surface area contributed by atoms with E-state index in [1.165, 1.54) is 5.56 Å². The molecule has 0 saturated heterocycles. The highest BCUT2D eigenvalue weighted by Gasteiger charge is 2.07. The molecule has 0 amide bonds. The van der Waals surface area contributed by atoms with Crippen molar-refractivity contribution in [3.63, 3.8) is 0 Å². The summed E-state index contributed by atoms with van der Waals surface area (Å²) in [5.41, 5.74) is 1.32. The topological polar surface area (TPSA) is 30.7 Å². The predicted molar refractivity (Wildman–Crippen MR) is 66.4 cm³/mol. The lowest BCUT2D eigenvalue weighted by atomic mass is 10.2. The van der Waals surface area contributed by atoms with Gasteiger partial charge in [-0.3, -0.25) is 0 Å². The van der Waals surface area contributed by atoms with Gasteiger partial charge in [-0.25, -0.2) is 4.68 Å². The van der Waals surface area contributed by atoms with Crippen LogP contribution in [0.3, 0.4) is 0 Å². The molecule has 4 heteroatoms. The summed E-state index contributed by atoms with van der Waals surface area (Å²) in [5, 5.41) is 9.15. The smallest absolute Gasteiger partial charge is 0.115 e. The van der Waals surface area contributed by atoms with E-state index >= 15 is 0 Å². The molecular weight excluding hydrogens is 218 g/mol. The maximum absolute atomic E-state index is 4.07. The molecule has 84 valence electrons. The van der Waals surface area contributed by atoms with Gasteiger partial charge in [-0.15, -0.1) is 16.9 Å². The van der Waals surface area contributed by atoms with E-state index in [1.807, 2.05) is 16.9 Å². The van der Waals surface area contributed by atoms with Crippen LogP contribution in [0.1, 0.15) is 25.5 Å². The predicted octanol–water partition coefficient (Wildman–Crippen LogP) is 3.15. The van der Waals surface area contributed by atoms with E-state index in [-0.39, 0.29) is 0 Å². The molecule has 0 spiro atoms. The second-order valence-electron chi connectivity index (χ2n) is 3.88. The summed E-state index contributed by atoms with van der Waals surface area (Å²) in [6, 6.07) is 10.8. The molecule has 0 aliphatic carbocycles. The molecule has 0 bridgehead atoms. The van der Waals surface area contributed by atoms with Crippen molar-refractivity contribution >= 4 is 11.8 Å². The van der Waals surface area contributed by atoms with Gasteiger partial charge in [0.1, 0.15) is 5.03 Å². The molecule has 16 heavy (non-hydrogen) atoms. The average Bonchev–Trinajstić information content (AvgIpc) is 2.76. The summed E-state index contributed by atoms with van der Waals surface area (Å²) >= 11 is 1.77. The molecule has 1 aromatic heterocycles. The first-order valence-corrected chi connectivity index (χ1v) is 6.33. The largest absolute Gasteiger partial charge is 0.236 e. The highest BCUT2D eigenvalue weighted by Crippen LogP contribution is 2.23. The van der Waals surface area contributed by atoms with Gasteiger partial charge in [0, 0.05) is 11.8 Å². The van der Waals surface area contributed by atoms with Crippen LogP contribution in [-0.4, -0.2) is 15.0 Å². The Kier molecular flexibility index (Phi) is 3.62. The van der Waals surface area contributed by atoms with Crippen molar-refractivity contribution in [1.82, 2.24) is 15.0 Å². The van der Waals surface area contributed by atoms with Gasteiger partial charge in [0.05, 0.1) is 6.20 Å². The second kappa shape index (κ2) is 5.16. The molecule has 0 N–H and O–H groups in total. The summed E-state index contributed by atoms with van der Waals surface area (Å²) < 4.78 is 1.95. The first kappa shape index (κ1) is 11.2. The average molecular weight is 233 g/mol. The standard InChI is InChI=1S/C12H15N3S/c1-10(2)15-12(8-13-14-15)16-9-11-6-4-3-5-7-11/h3-8,10H,9H2,1-2H3. The molecule has 0 fully saturated rings. The number of rotatable bonds is 4. The maximum atomic E-state index is 4.07. The number of thioether (sulfide) groups is 1. The molecule has 2 aromatic rings. The number of hydrogen-bond acceptors (Lipinski definition) is 3. The molecular formula is C12H15N3S. The van der Waals surface area contributed by atoms with Crippen LogP contribution in [0.4, 0.5) is 0 Å². The molecule has 3 nitrogen and oxygen atoms in total. The minimum atomic E-state index is 0.362. The number of aromatic nitrogens is 3. The Morgan fingerprint density at radius 1 is 1.25 bits per heavy atom. The van der Waals surface area contributed by atoms with E-state index in [9.17, 15) is 0 Å². The lowest BCUT2D eigenvalue weighted by molar-refractivity contribution is 0.479. The fraction of sp³-hybridized carbons (Fsp3) is 0.333. The summed E-state index contributed by atoms with van der Waals surface area (Å²) in [6.07, 6.45) is 1.83. The molecule has 0 saturated carbocycles. The van der Waals surface area contributed by atoms with Crippen LogP contribution >= 0.6 is 11.8 Å². The van der Waals surface area contributed by atoms with Crippen molar-refractivity contribution in [2.24, 2.45) is 0 Å². The Balaban J connectivity index is 2.02. The van der Waals surface area contributed by atoms with Gasteiger partial charge >= 0.3 is 0 Å². The Hall–Kier alpha value is -1.29. The number of benzene rings is 1. The zero-order chi connectivity index (χ0) is 11.4. The van der Waals surface area contributed by atoms with Gasteiger partial charge in [-0.1, -0.05) is 35.5 Å². The Labute approximate surface area is 99.9 Å². The van der Waals surface area contributed by atoms with Gasteiger partial charge in [0.15, 0.2) is 0 Å². The van der Waals surface area contributed by atoms with Gasteiger partial charge in [0.2, 0.25) is 0 Å². The second-order valence-corrected chi connectivity index (χ2v) is 4.88. The van der Waals surface area contributed by atoms with Crippen molar-refractivity contribution in [3.8, 4) is 0 Å². The van der Waals surface area contributed by atoms with Crippen LogP contribution in [0.5, 0.6) is 0 Å². The highest BCUT2D eigenvalue weighted by atomic mass is 32.2. The maximum Gasteiger partial charge on any atom is 0.115 e. The highest BCUT2D eigenvalue weighted by molar-refractivity contribution is 7.98. The van der Waals surface area contributed by atoms with Crippen LogP contribution in [0.25, 0.3) is 0 Å².